The topological polar surface area (TPSA) is 83.6 Å². The van der Waals surface area contributed by atoms with E-state index in [9.17, 15) is 9.59 Å². The molecule has 7 heteroatoms. The van der Waals surface area contributed by atoms with Crippen LogP contribution in [-0.2, 0) is 4.79 Å². The largest absolute Gasteiger partial charge is 0.481 e. The van der Waals surface area contributed by atoms with E-state index < -0.39 is 11.9 Å². The quantitative estimate of drug-likeness (QED) is 0.933. The van der Waals surface area contributed by atoms with Crippen molar-refractivity contribution in [1.29, 1.82) is 0 Å². The summed E-state index contributed by atoms with van der Waals surface area (Å²) in [5.74, 6) is -0.902. The summed E-state index contributed by atoms with van der Waals surface area (Å²) < 4.78 is 5.26. The van der Waals surface area contributed by atoms with Gasteiger partial charge in [0.15, 0.2) is 10.8 Å². The average molecular weight is 292 g/mol. The maximum absolute atomic E-state index is 12.2. The zero-order valence-electron chi connectivity index (χ0n) is 10.7. The highest BCUT2D eigenvalue weighted by atomic mass is 32.1. The predicted molar refractivity (Wildman–Crippen MR) is 71.6 cm³/mol. The minimum atomic E-state index is -0.861. The molecule has 0 aromatic carbocycles. The van der Waals surface area contributed by atoms with Crippen LogP contribution in [0.25, 0.3) is 10.8 Å². The van der Waals surface area contributed by atoms with Crippen LogP contribution in [-0.4, -0.2) is 40.0 Å². The van der Waals surface area contributed by atoms with Crippen molar-refractivity contribution in [2.75, 3.05) is 13.1 Å². The van der Waals surface area contributed by atoms with Gasteiger partial charge in [0.25, 0.3) is 5.91 Å². The van der Waals surface area contributed by atoms with E-state index in [1.807, 2.05) is 6.92 Å². The van der Waals surface area contributed by atoms with Crippen LogP contribution in [0.3, 0.4) is 0 Å². The van der Waals surface area contributed by atoms with Crippen LogP contribution in [0.5, 0.6) is 0 Å². The molecule has 1 aliphatic heterocycles. The minimum absolute atomic E-state index is 0.214. The van der Waals surface area contributed by atoms with Crippen molar-refractivity contribution in [2.24, 2.45) is 5.92 Å². The number of nitrogens with zero attached hydrogens (tertiary/aromatic N) is 2. The van der Waals surface area contributed by atoms with Crippen molar-refractivity contribution >= 4 is 23.2 Å². The van der Waals surface area contributed by atoms with E-state index >= 15 is 0 Å². The maximum atomic E-state index is 12.2. The van der Waals surface area contributed by atoms with Crippen molar-refractivity contribution in [2.45, 2.75) is 6.92 Å². The Morgan fingerprint density at radius 2 is 2.25 bits per heavy atom. The van der Waals surface area contributed by atoms with Gasteiger partial charge in [-0.25, -0.2) is 4.98 Å². The van der Waals surface area contributed by atoms with Gasteiger partial charge in [0, 0.05) is 18.0 Å². The van der Waals surface area contributed by atoms with Gasteiger partial charge in [-0.15, -0.1) is 11.3 Å². The fourth-order valence-corrected chi connectivity index (χ4v) is 2.92. The van der Waals surface area contributed by atoms with Gasteiger partial charge in [-0.1, -0.05) is 0 Å². The highest BCUT2D eigenvalue weighted by molar-refractivity contribution is 7.15. The summed E-state index contributed by atoms with van der Waals surface area (Å²) in [6, 6.07) is 3.55. The monoisotopic (exact) mass is 292 g/mol. The molecule has 0 spiro atoms. The van der Waals surface area contributed by atoms with Crippen molar-refractivity contribution in [3.8, 4) is 10.8 Å². The number of hydrogen-bond donors (Lipinski definition) is 1. The van der Waals surface area contributed by atoms with E-state index in [1.54, 1.807) is 18.4 Å². The molecule has 0 atom stereocenters. The summed E-state index contributed by atoms with van der Waals surface area (Å²) in [6.45, 7) is 2.33. The van der Waals surface area contributed by atoms with E-state index in [2.05, 4.69) is 4.98 Å². The lowest BCUT2D eigenvalue weighted by Crippen LogP contribution is -2.53. The molecule has 20 heavy (non-hydrogen) atoms. The lowest BCUT2D eigenvalue weighted by Gasteiger charge is -2.36. The lowest BCUT2D eigenvalue weighted by molar-refractivity contribution is -0.146. The average Bonchev–Trinajstić information content (AvgIpc) is 2.94. The van der Waals surface area contributed by atoms with Crippen molar-refractivity contribution in [1.82, 2.24) is 9.88 Å². The molecule has 3 rings (SSSR count). The molecule has 0 bridgehead atoms. The molecule has 1 N–H and O–H groups in total. The summed E-state index contributed by atoms with van der Waals surface area (Å²) in [4.78, 5) is 29.6. The molecule has 0 saturated carbocycles. The first-order valence-corrected chi connectivity index (χ1v) is 6.91. The van der Waals surface area contributed by atoms with E-state index in [0.717, 1.165) is 4.88 Å². The second kappa shape index (κ2) is 4.75. The maximum Gasteiger partial charge on any atom is 0.310 e. The molecule has 1 aliphatic rings. The number of aromatic nitrogens is 1. The zero-order valence-corrected chi connectivity index (χ0v) is 11.5. The molecule has 1 fully saturated rings. The van der Waals surface area contributed by atoms with Gasteiger partial charge in [-0.3, -0.25) is 9.59 Å². The van der Waals surface area contributed by atoms with Gasteiger partial charge in [0.1, 0.15) is 5.69 Å². The number of aryl methyl sites for hydroxylation is 1. The van der Waals surface area contributed by atoms with E-state index in [1.165, 1.54) is 16.2 Å². The van der Waals surface area contributed by atoms with Gasteiger partial charge >= 0.3 is 5.97 Å². The standard InChI is InChI=1S/C13H12N2O4S/c1-7-10(12(16)15-5-8(6-15)13(17)18)14-11(20-7)9-3-2-4-19-9/h2-4,8H,5-6H2,1H3,(H,17,18). The molecule has 2 aromatic heterocycles. The van der Waals surface area contributed by atoms with Gasteiger partial charge in [-0.2, -0.15) is 0 Å². The third-order valence-corrected chi connectivity index (χ3v) is 4.23. The minimum Gasteiger partial charge on any atom is -0.481 e. The molecule has 104 valence electrons. The number of rotatable bonds is 3. The molecule has 0 radical (unpaired) electrons. The zero-order chi connectivity index (χ0) is 14.3. The van der Waals surface area contributed by atoms with Crippen LogP contribution in [0, 0.1) is 12.8 Å². The fraction of sp³-hybridized carbons (Fsp3) is 0.308. The van der Waals surface area contributed by atoms with Crippen LogP contribution in [0.15, 0.2) is 22.8 Å². The number of furan rings is 1. The van der Waals surface area contributed by atoms with E-state index in [-0.39, 0.29) is 19.0 Å². The first-order valence-electron chi connectivity index (χ1n) is 6.09. The Morgan fingerprint density at radius 1 is 1.50 bits per heavy atom. The number of hydrogen-bond acceptors (Lipinski definition) is 5. The predicted octanol–water partition coefficient (Wildman–Crippen LogP) is 1.87. The fourth-order valence-electron chi connectivity index (χ4n) is 2.05. The third-order valence-electron chi connectivity index (χ3n) is 3.25. The van der Waals surface area contributed by atoms with Gasteiger partial charge in [0.05, 0.1) is 12.2 Å². The Kier molecular flexibility index (Phi) is 3.06. The Balaban J connectivity index is 1.78. The first kappa shape index (κ1) is 12.9. The number of carbonyl (C=O) groups excluding carboxylic acids is 1. The Bertz CT molecular complexity index is 656. The molecule has 1 amide bonds. The summed E-state index contributed by atoms with van der Waals surface area (Å²) in [5, 5.41) is 9.48. The number of carbonyl (C=O) groups is 2. The number of carboxylic acid groups (broad SMARTS) is 1. The third kappa shape index (κ3) is 2.09. The second-order valence-electron chi connectivity index (χ2n) is 4.65. The Morgan fingerprint density at radius 3 is 2.85 bits per heavy atom. The highest BCUT2D eigenvalue weighted by Crippen LogP contribution is 2.29. The van der Waals surface area contributed by atoms with E-state index in [0.29, 0.717) is 16.5 Å². The van der Waals surface area contributed by atoms with Gasteiger partial charge < -0.3 is 14.4 Å². The van der Waals surface area contributed by atoms with Crippen LogP contribution in [0.1, 0.15) is 15.4 Å². The van der Waals surface area contributed by atoms with Crippen LogP contribution < -0.4 is 0 Å². The highest BCUT2D eigenvalue weighted by Gasteiger charge is 2.37. The Hall–Kier alpha value is -2.15. The smallest absolute Gasteiger partial charge is 0.310 e. The first-order chi connectivity index (χ1) is 9.56. The normalized spacial score (nSPS) is 15.2. The van der Waals surface area contributed by atoms with Crippen LogP contribution in [0.2, 0.25) is 0 Å². The van der Waals surface area contributed by atoms with Crippen LogP contribution in [0.4, 0.5) is 0 Å². The lowest BCUT2D eigenvalue weighted by atomic mass is 10.00. The molecular formula is C13H12N2O4S. The molecule has 0 unspecified atom stereocenters. The number of carboxylic acids is 1. The molecule has 6 nitrogen and oxygen atoms in total. The summed E-state index contributed by atoms with van der Waals surface area (Å²) >= 11 is 1.39. The van der Waals surface area contributed by atoms with E-state index in [4.69, 9.17) is 9.52 Å². The summed E-state index contributed by atoms with van der Waals surface area (Å²) in [6.07, 6.45) is 1.56. The van der Waals surface area contributed by atoms with Crippen LogP contribution >= 0.6 is 11.3 Å². The van der Waals surface area contributed by atoms with Crippen molar-refractivity contribution in [3.63, 3.8) is 0 Å². The number of likely N-dealkylation sites (tertiary alicyclic amines) is 1. The van der Waals surface area contributed by atoms with Crippen molar-refractivity contribution in [3.05, 3.63) is 29.0 Å². The summed E-state index contributed by atoms with van der Waals surface area (Å²) in [5.41, 5.74) is 0.380. The molecule has 1 saturated heterocycles. The Labute approximate surface area is 118 Å². The molecular weight excluding hydrogens is 280 g/mol. The molecule has 3 heterocycles. The van der Waals surface area contributed by atoms with Crippen molar-refractivity contribution < 1.29 is 19.1 Å². The molecule has 0 aliphatic carbocycles. The van der Waals surface area contributed by atoms with Gasteiger partial charge in [0.2, 0.25) is 0 Å². The number of amides is 1. The SMILES string of the molecule is Cc1sc(-c2ccco2)nc1C(=O)N1CC(C(=O)O)C1. The summed E-state index contributed by atoms with van der Waals surface area (Å²) in [7, 11) is 0. The number of thiazole rings is 1. The van der Waals surface area contributed by atoms with Gasteiger partial charge in [-0.05, 0) is 19.1 Å². The number of aliphatic carboxylic acids is 1. The molecule has 2 aromatic rings. The second-order valence-corrected chi connectivity index (χ2v) is 5.85.